The summed E-state index contributed by atoms with van der Waals surface area (Å²) in [6, 6.07) is 0. The molecule has 0 saturated carbocycles. The summed E-state index contributed by atoms with van der Waals surface area (Å²) in [5.41, 5.74) is 4.79. The van der Waals surface area contributed by atoms with E-state index in [4.69, 9.17) is 5.64 Å². The van der Waals surface area contributed by atoms with Crippen molar-refractivity contribution >= 4 is 7.41 Å². The summed E-state index contributed by atoms with van der Waals surface area (Å²) >= 11 is 0. The van der Waals surface area contributed by atoms with Crippen LogP contribution >= 0.6 is 0 Å². The quantitative estimate of drug-likeness (QED) is 0.275. The molecule has 20 valence electrons. The van der Waals surface area contributed by atoms with E-state index in [1.807, 2.05) is 0 Å². The first-order valence-electron chi connectivity index (χ1n) is 1.05. The van der Waals surface area contributed by atoms with E-state index in [2.05, 4.69) is 12.2 Å². The highest BCUT2D eigenvalue weighted by Gasteiger charge is 1.51. The fourth-order valence-corrected chi connectivity index (χ4v) is 0. The van der Waals surface area contributed by atoms with Crippen molar-refractivity contribution in [1.82, 2.24) is 0 Å². The molecule has 0 unspecified atom stereocenters. The fraction of sp³-hybridized carbons (Fsp3) is 0. The van der Waals surface area contributed by atoms with Crippen LogP contribution in [0.25, 0.3) is 0 Å². The second kappa shape index (κ2) is 2.58. The molecular weight excluding hydrogens is 48.8 g/mol. The van der Waals surface area contributed by atoms with Gasteiger partial charge in [-0.2, -0.15) is 0 Å². The zero-order valence-corrected chi connectivity index (χ0v) is 2.36. The Bertz CT molecular complexity index is 35.8. The van der Waals surface area contributed by atoms with E-state index in [1.54, 1.807) is 0 Å². The summed E-state index contributed by atoms with van der Waals surface area (Å²) in [5.74, 6) is 2.21. The first-order valence-corrected chi connectivity index (χ1v) is 1.05. The van der Waals surface area contributed by atoms with Crippen molar-refractivity contribution in [3.63, 3.8) is 0 Å². The van der Waals surface area contributed by atoms with Crippen LogP contribution < -0.4 is 5.64 Å². The van der Waals surface area contributed by atoms with Crippen LogP contribution in [-0.4, -0.2) is 7.41 Å². The largest absolute Gasteiger partial charge is 0.362 e. The minimum atomic E-state index is 0.347. The standard InChI is InChI=1S/C2H4BN/c1-2-3-4/h1,3H,4H2. The van der Waals surface area contributed by atoms with Crippen LogP contribution in [0.5, 0.6) is 0 Å². The first-order chi connectivity index (χ1) is 1.91. The van der Waals surface area contributed by atoms with E-state index in [1.165, 1.54) is 0 Å². The fourth-order valence-electron chi connectivity index (χ4n) is 0. The first kappa shape index (κ1) is 3.58. The van der Waals surface area contributed by atoms with Crippen LogP contribution in [-0.2, 0) is 0 Å². The van der Waals surface area contributed by atoms with Crippen LogP contribution in [0, 0.1) is 12.2 Å². The molecule has 0 aromatic heterocycles. The Labute approximate surface area is 26.5 Å². The topological polar surface area (TPSA) is 26.0 Å². The molecular formula is C2H4BN. The normalized spacial score (nSPS) is 4.00. The van der Waals surface area contributed by atoms with Crippen molar-refractivity contribution < 1.29 is 0 Å². The van der Waals surface area contributed by atoms with Gasteiger partial charge in [0.2, 0.25) is 0 Å². The second-order valence-electron chi connectivity index (χ2n) is 0.408. The molecule has 1 nitrogen and oxygen atoms in total. The molecule has 0 radical (unpaired) electrons. The van der Waals surface area contributed by atoms with Gasteiger partial charge in [0.05, 0.1) is 0 Å². The van der Waals surface area contributed by atoms with Gasteiger partial charge in [0.1, 0.15) is 0 Å². The molecule has 2 N–H and O–H groups in total. The number of rotatable bonds is 0. The van der Waals surface area contributed by atoms with Gasteiger partial charge in [-0.3, -0.25) is 0 Å². The third kappa shape index (κ3) is 1.58. The van der Waals surface area contributed by atoms with E-state index in [9.17, 15) is 0 Å². The number of terminal acetylenes is 1. The second-order valence-corrected chi connectivity index (χ2v) is 0.408. The van der Waals surface area contributed by atoms with Gasteiger partial charge in [-0.15, -0.1) is 12.2 Å². The lowest BCUT2D eigenvalue weighted by molar-refractivity contribution is 1.95. The summed E-state index contributed by atoms with van der Waals surface area (Å²) in [7, 11) is 0.347. The highest BCUT2D eigenvalue weighted by Crippen LogP contribution is 1.18. The van der Waals surface area contributed by atoms with Gasteiger partial charge >= 0.3 is 0 Å². The van der Waals surface area contributed by atoms with E-state index >= 15 is 0 Å². The average Bonchev–Trinajstić information content (AvgIpc) is 1.37. The van der Waals surface area contributed by atoms with Gasteiger partial charge in [-0.25, -0.2) is 0 Å². The van der Waals surface area contributed by atoms with Crippen LogP contribution in [0.3, 0.4) is 0 Å². The van der Waals surface area contributed by atoms with Gasteiger partial charge in [0.25, 0.3) is 7.41 Å². The Hall–Kier alpha value is -0.415. The van der Waals surface area contributed by atoms with Crippen molar-refractivity contribution in [3.05, 3.63) is 0 Å². The molecule has 0 fully saturated rings. The number of hydrogen-bond acceptors (Lipinski definition) is 1. The minimum absolute atomic E-state index is 0.347. The molecule has 0 aliphatic heterocycles. The molecule has 0 heterocycles. The zero-order chi connectivity index (χ0) is 3.41. The Kier molecular flexibility index (Phi) is 2.32. The van der Waals surface area contributed by atoms with Crippen LogP contribution in [0.4, 0.5) is 0 Å². The molecule has 0 rings (SSSR count). The summed E-state index contributed by atoms with van der Waals surface area (Å²) in [6.45, 7) is 0. The Balaban J connectivity index is 2.43. The lowest BCUT2D eigenvalue weighted by Crippen LogP contribution is -1.98. The van der Waals surface area contributed by atoms with E-state index in [0.717, 1.165) is 0 Å². The van der Waals surface area contributed by atoms with E-state index in [0.29, 0.717) is 7.41 Å². The maximum atomic E-state index is 4.79. The predicted molar refractivity (Wildman–Crippen MR) is 20.2 cm³/mol. The summed E-state index contributed by atoms with van der Waals surface area (Å²) in [6.07, 6.45) is 4.65. The predicted octanol–water partition coefficient (Wildman–Crippen LogP) is -1.11. The molecule has 0 aromatic carbocycles. The van der Waals surface area contributed by atoms with E-state index in [-0.39, 0.29) is 0 Å². The van der Waals surface area contributed by atoms with Crippen LogP contribution in [0.1, 0.15) is 0 Å². The lowest BCUT2D eigenvalue weighted by Gasteiger charge is -1.49. The smallest absolute Gasteiger partial charge is 0.288 e. The van der Waals surface area contributed by atoms with Crippen LogP contribution in [0.15, 0.2) is 0 Å². The van der Waals surface area contributed by atoms with Crippen molar-refractivity contribution in [2.45, 2.75) is 0 Å². The minimum Gasteiger partial charge on any atom is -0.362 e. The summed E-state index contributed by atoms with van der Waals surface area (Å²) in [5, 5.41) is 0. The number of nitrogens with two attached hydrogens (primary N) is 1. The van der Waals surface area contributed by atoms with Gasteiger partial charge in [-0.1, -0.05) is 0 Å². The Morgan fingerprint density at radius 2 is 2.25 bits per heavy atom. The molecule has 0 atom stereocenters. The third-order valence-electron chi connectivity index (χ3n) is 0.118. The van der Waals surface area contributed by atoms with Crippen molar-refractivity contribution in [1.29, 1.82) is 0 Å². The van der Waals surface area contributed by atoms with Gasteiger partial charge in [0, 0.05) is 0 Å². The molecule has 0 spiro atoms. The highest BCUT2D eigenvalue weighted by atomic mass is 14.3. The molecule has 4 heavy (non-hydrogen) atoms. The Morgan fingerprint density at radius 3 is 2.25 bits per heavy atom. The summed E-state index contributed by atoms with van der Waals surface area (Å²) in [4.78, 5) is 0. The van der Waals surface area contributed by atoms with Crippen LogP contribution in [0.2, 0.25) is 0 Å². The lowest BCUT2D eigenvalue weighted by atomic mass is 10.0. The average molecular weight is 52.9 g/mol. The van der Waals surface area contributed by atoms with E-state index < -0.39 is 0 Å². The van der Waals surface area contributed by atoms with Gasteiger partial charge < -0.3 is 5.64 Å². The van der Waals surface area contributed by atoms with Gasteiger partial charge in [0.15, 0.2) is 0 Å². The van der Waals surface area contributed by atoms with Gasteiger partial charge in [-0.05, 0) is 0 Å². The molecule has 2 heteroatoms. The van der Waals surface area contributed by atoms with Crippen molar-refractivity contribution in [2.75, 3.05) is 0 Å². The molecule has 0 aromatic rings. The highest BCUT2D eigenvalue weighted by molar-refractivity contribution is 6.41. The van der Waals surface area contributed by atoms with Crippen molar-refractivity contribution in [3.8, 4) is 12.2 Å². The Morgan fingerprint density at radius 1 is 2.00 bits per heavy atom. The van der Waals surface area contributed by atoms with Crippen molar-refractivity contribution in [2.24, 2.45) is 5.64 Å². The summed E-state index contributed by atoms with van der Waals surface area (Å²) < 4.78 is 0. The molecule has 0 aliphatic carbocycles. The monoisotopic (exact) mass is 53.0 g/mol. The zero-order valence-electron chi connectivity index (χ0n) is 2.36. The molecule has 0 bridgehead atoms. The number of hydrogen-bond donors (Lipinski definition) is 1. The third-order valence-corrected chi connectivity index (χ3v) is 0.118. The molecule has 0 aliphatic rings. The maximum Gasteiger partial charge on any atom is 0.288 e. The maximum absolute atomic E-state index is 4.79. The SMILES string of the molecule is C#CBN. The molecule has 0 amide bonds. The molecule has 0 saturated heterocycles.